The molecule has 2 heterocycles. The number of benzene rings is 2. The van der Waals surface area contributed by atoms with Gasteiger partial charge in [-0.2, -0.15) is 4.31 Å². The highest BCUT2D eigenvalue weighted by atomic mass is 32.2. The topological polar surface area (TPSA) is 96.0 Å². The van der Waals surface area contributed by atoms with Crippen LogP contribution in [0.2, 0.25) is 0 Å². The van der Waals surface area contributed by atoms with E-state index in [1.807, 2.05) is 32.0 Å². The van der Waals surface area contributed by atoms with E-state index in [9.17, 15) is 18.0 Å². The summed E-state index contributed by atoms with van der Waals surface area (Å²) in [5.41, 5.74) is 3.46. The molecule has 35 heavy (non-hydrogen) atoms. The Bertz CT molecular complexity index is 1200. The summed E-state index contributed by atoms with van der Waals surface area (Å²) in [4.78, 5) is 27.7. The second-order valence-electron chi connectivity index (χ2n) is 9.28. The molecule has 2 aliphatic rings. The van der Waals surface area contributed by atoms with E-state index in [0.29, 0.717) is 24.5 Å². The molecule has 2 aliphatic heterocycles. The molecule has 8 nitrogen and oxygen atoms in total. The zero-order valence-corrected chi connectivity index (χ0v) is 21.2. The van der Waals surface area contributed by atoms with Crippen molar-refractivity contribution in [3.05, 3.63) is 53.1 Å². The number of nitrogens with zero attached hydrogens (tertiary/aromatic N) is 2. The standard InChI is InChI=1S/C26H33N3O5S/c1-19-8-10-23(20(2)16-19)27-25(30)18-34-26(31)22-17-21(9-11-24(22)28-12-6-7-13-28)35(32,33)29-14-4-3-5-15-29/h8-11,16-17H,3-7,12-15,18H2,1-2H3,(H,27,30). The fraction of sp³-hybridized carbons (Fsp3) is 0.462. The van der Waals surface area contributed by atoms with Gasteiger partial charge in [-0.15, -0.1) is 0 Å². The average Bonchev–Trinajstić information content (AvgIpc) is 3.39. The summed E-state index contributed by atoms with van der Waals surface area (Å²) < 4.78 is 33.3. The monoisotopic (exact) mass is 499 g/mol. The van der Waals surface area contributed by atoms with Gasteiger partial charge in [0.05, 0.1) is 16.1 Å². The number of ether oxygens (including phenoxy) is 1. The fourth-order valence-corrected chi connectivity index (χ4v) is 6.22. The minimum Gasteiger partial charge on any atom is -0.452 e. The van der Waals surface area contributed by atoms with E-state index in [-0.39, 0.29) is 10.5 Å². The van der Waals surface area contributed by atoms with Gasteiger partial charge >= 0.3 is 5.97 Å². The Morgan fingerprint density at radius 2 is 1.60 bits per heavy atom. The van der Waals surface area contributed by atoms with Crippen molar-refractivity contribution in [3.63, 3.8) is 0 Å². The number of hydrogen-bond donors (Lipinski definition) is 1. The van der Waals surface area contributed by atoms with Gasteiger partial charge in [0.1, 0.15) is 0 Å². The Hall–Kier alpha value is -2.91. The van der Waals surface area contributed by atoms with E-state index in [1.165, 1.54) is 10.4 Å². The molecule has 2 aromatic rings. The SMILES string of the molecule is Cc1ccc(NC(=O)COC(=O)c2cc(S(=O)(=O)N3CCCCC3)ccc2N2CCCC2)c(C)c1. The first-order chi connectivity index (χ1) is 16.8. The van der Waals surface area contributed by atoms with Crippen LogP contribution >= 0.6 is 0 Å². The molecule has 2 fully saturated rings. The van der Waals surface area contributed by atoms with Gasteiger partial charge in [-0.25, -0.2) is 13.2 Å². The van der Waals surface area contributed by atoms with E-state index >= 15 is 0 Å². The maximum absolute atomic E-state index is 13.2. The molecule has 9 heteroatoms. The van der Waals surface area contributed by atoms with E-state index in [1.54, 1.807) is 12.1 Å². The van der Waals surface area contributed by atoms with Crippen LogP contribution in [0.5, 0.6) is 0 Å². The molecule has 4 rings (SSSR count). The van der Waals surface area contributed by atoms with Crippen LogP contribution in [0.1, 0.15) is 53.6 Å². The molecule has 0 atom stereocenters. The molecule has 0 unspecified atom stereocenters. The summed E-state index contributed by atoms with van der Waals surface area (Å²) in [5.74, 6) is -1.16. The van der Waals surface area contributed by atoms with E-state index in [4.69, 9.17) is 4.74 Å². The molecule has 2 aromatic carbocycles. The molecule has 1 amide bonds. The number of piperidine rings is 1. The molecular weight excluding hydrogens is 466 g/mol. The largest absolute Gasteiger partial charge is 0.452 e. The lowest BCUT2D eigenvalue weighted by atomic mass is 10.1. The second kappa shape index (κ2) is 10.8. The van der Waals surface area contributed by atoms with Crippen LogP contribution in [0.15, 0.2) is 41.3 Å². The number of carbonyl (C=O) groups excluding carboxylic acids is 2. The third-order valence-electron chi connectivity index (χ3n) is 6.58. The summed E-state index contributed by atoms with van der Waals surface area (Å²) in [6.45, 7) is 5.93. The van der Waals surface area contributed by atoms with Crippen LogP contribution in [0.3, 0.4) is 0 Å². The van der Waals surface area contributed by atoms with E-state index < -0.39 is 28.5 Å². The van der Waals surface area contributed by atoms with Crippen molar-refractivity contribution >= 4 is 33.3 Å². The lowest BCUT2D eigenvalue weighted by Crippen LogP contribution is -2.35. The van der Waals surface area contributed by atoms with Gasteiger partial charge in [0.25, 0.3) is 5.91 Å². The Balaban J connectivity index is 1.53. The van der Waals surface area contributed by atoms with Crippen molar-refractivity contribution in [1.29, 1.82) is 0 Å². The summed E-state index contributed by atoms with van der Waals surface area (Å²) in [5, 5.41) is 2.76. The van der Waals surface area contributed by atoms with Crippen molar-refractivity contribution < 1.29 is 22.7 Å². The molecule has 0 saturated carbocycles. The lowest BCUT2D eigenvalue weighted by molar-refractivity contribution is -0.119. The molecule has 1 N–H and O–H groups in total. The van der Waals surface area contributed by atoms with Gasteiger partial charge in [-0.3, -0.25) is 4.79 Å². The average molecular weight is 500 g/mol. The quantitative estimate of drug-likeness (QED) is 0.581. The molecule has 2 saturated heterocycles. The molecule has 0 aromatic heterocycles. The van der Waals surface area contributed by atoms with Crippen molar-refractivity contribution in [2.24, 2.45) is 0 Å². The zero-order valence-electron chi connectivity index (χ0n) is 20.4. The third-order valence-corrected chi connectivity index (χ3v) is 8.47. The Morgan fingerprint density at radius 1 is 0.914 bits per heavy atom. The highest BCUT2D eigenvalue weighted by Gasteiger charge is 2.29. The van der Waals surface area contributed by atoms with Crippen molar-refractivity contribution in [2.45, 2.75) is 50.8 Å². The van der Waals surface area contributed by atoms with Crippen molar-refractivity contribution in [3.8, 4) is 0 Å². The molecule has 188 valence electrons. The van der Waals surface area contributed by atoms with Gasteiger partial charge in [0, 0.05) is 31.9 Å². The Labute approximate surface area is 207 Å². The first-order valence-corrected chi connectivity index (χ1v) is 13.6. The molecular formula is C26H33N3O5S. The predicted octanol–water partition coefficient (Wildman–Crippen LogP) is 3.87. The number of esters is 1. The normalized spacial score (nSPS) is 16.8. The van der Waals surface area contributed by atoms with Crippen LogP contribution in [0.25, 0.3) is 0 Å². The number of rotatable bonds is 7. The van der Waals surface area contributed by atoms with Gasteiger partial charge in [0.15, 0.2) is 6.61 Å². The number of hydrogen-bond acceptors (Lipinski definition) is 6. The van der Waals surface area contributed by atoms with Crippen LogP contribution in [-0.4, -0.2) is 57.4 Å². The number of aryl methyl sites for hydroxylation is 2. The summed E-state index contributed by atoms with van der Waals surface area (Å²) in [6, 6.07) is 10.3. The van der Waals surface area contributed by atoms with Crippen LogP contribution in [0, 0.1) is 13.8 Å². The maximum Gasteiger partial charge on any atom is 0.340 e. The highest BCUT2D eigenvalue weighted by Crippen LogP contribution is 2.30. The Morgan fingerprint density at radius 3 is 2.29 bits per heavy atom. The maximum atomic E-state index is 13.2. The summed E-state index contributed by atoms with van der Waals surface area (Å²) in [7, 11) is -3.71. The highest BCUT2D eigenvalue weighted by molar-refractivity contribution is 7.89. The number of nitrogens with one attached hydrogen (secondary N) is 1. The minimum atomic E-state index is -3.71. The predicted molar refractivity (Wildman–Crippen MR) is 135 cm³/mol. The molecule has 0 bridgehead atoms. The third kappa shape index (κ3) is 5.85. The van der Waals surface area contributed by atoms with Crippen LogP contribution in [0.4, 0.5) is 11.4 Å². The number of amides is 1. The fourth-order valence-electron chi connectivity index (χ4n) is 4.68. The van der Waals surface area contributed by atoms with Gasteiger partial charge in [-0.05, 0) is 69.4 Å². The van der Waals surface area contributed by atoms with Gasteiger partial charge < -0.3 is 15.0 Å². The van der Waals surface area contributed by atoms with E-state index in [2.05, 4.69) is 10.2 Å². The summed E-state index contributed by atoms with van der Waals surface area (Å²) in [6.07, 6.45) is 4.67. The van der Waals surface area contributed by atoms with Crippen LogP contribution < -0.4 is 10.2 Å². The van der Waals surface area contributed by atoms with Gasteiger partial charge in [0.2, 0.25) is 10.0 Å². The second-order valence-corrected chi connectivity index (χ2v) is 11.2. The first kappa shape index (κ1) is 25.2. The minimum absolute atomic E-state index is 0.0778. The van der Waals surface area contributed by atoms with Crippen LogP contribution in [-0.2, 0) is 19.6 Å². The van der Waals surface area contributed by atoms with Gasteiger partial charge in [-0.1, -0.05) is 24.1 Å². The van der Waals surface area contributed by atoms with E-state index in [0.717, 1.165) is 56.3 Å². The number of sulfonamides is 1. The number of anilines is 2. The lowest BCUT2D eigenvalue weighted by Gasteiger charge is -2.27. The van der Waals surface area contributed by atoms with Crippen molar-refractivity contribution in [1.82, 2.24) is 4.31 Å². The zero-order chi connectivity index (χ0) is 25.0. The smallest absolute Gasteiger partial charge is 0.340 e. The first-order valence-electron chi connectivity index (χ1n) is 12.2. The summed E-state index contributed by atoms with van der Waals surface area (Å²) >= 11 is 0. The molecule has 0 radical (unpaired) electrons. The molecule has 0 aliphatic carbocycles. The van der Waals surface area contributed by atoms with Crippen molar-refractivity contribution in [2.75, 3.05) is 43.0 Å². The Kier molecular flexibility index (Phi) is 7.76. The molecule has 0 spiro atoms. The number of carbonyl (C=O) groups is 2.